The Morgan fingerprint density at radius 1 is 1.13 bits per heavy atom. The molecule has 0 aliphatic rings. The SMILES string of the molecule is CC[C@@H](C)c1ccc([C@H](CC)NS(=O)(=O)c2cnn(C)c2)cc1. The smallest absolute Gasteiger partial charge is 0.244 e. The average molecular weight is 335 g/mol. The lowest BCUT2D eigenvalue weighted by Crippen LogP contribution is -2.28. The van der Waals surface area contributed by atoms with E-state index in [-0.39, 0.29) is 10.9 Å². The summed E-state index contributed by atoms with van der Waals surface area (Å²) in [5.74, 6) is 0.510. The van der Waals surface area contributed by atoms with E-state index < -0.39 is 10.0 Å². The van der Waals surface area contributed by atoms with Gasteiger partial charge in [-0.25, -0.2) is 13.1 Å². The van der Waals surface area contributed by atoms with E-state index in [1.165, 1.54) is 22.6 Å². The molecule has 23 heavy (non-hydrogen) atoms. The van der Waals surface area contributed by atoms with Crippen molar-refractivity contribution in [2.24, 2.45) is 7.05 Å². The summed E-state index contributed by atoms with van der Waals surface area (Å²) in [7, 11) is -1.87. The summed E-state index contributed by atoms with van der Waals surface area (Å²) in [5.41, 5.74) is 2.26. The summed E-state index contributed by atoms with van der Waals surface area (Å²) >= 11 is 0. The monoisotopic (exact) mass is 335 g/mol. The van der Waals surface area contributed by atoms with Crippen LogP contribution in [-0.4, -0.2) is 18.2 Å². The first-order chi connectivity index (χ1) is 10.9. The predicted octanol–water partition coefficient (Wildman–Crippen LogP) is 3.36. The molecule has 1 heterocycles. The van der Waals surface area contributed by atoms with E-state index >= 15 is 0 Å². The van der Waals surface area contributed by atoms with E-state index in [1.54, 1.807) is 7.05 Å². The third-order valence-electron chi connectivity index (χ3n) is 4.22. The molecule has 0 aliphatic carbocycles. The molecule has 0 spiro atoms. The number of aromatic nitrogens is 2. The molecule has 0 saturated carbocycles. The highest BCUT2D eigenvalue weighted by molar-refractivity contribution is 7.89. The molecule has 2 aromatic rings. The number of hydrogen-bond donors (Lipinski definition) is 1. The minimum atomic E-state index is -3.56. The van der Waals surface area contributed by atoms with Gasteiger partial charge in [0.15, 0.2) is 0 Å². The molecule has 0 fully saturated rings. The lowest BCUT2D eigenvalue weighted by Gasteiger charge is -2.18. The molecule has 5 nitrogen and oxygen atoms in total. The topological polar surface area (TPSA) is 64.0 Å². The molecule has 0 aliphatic heterocycles. The summed E-state index contributed by atoms with van der Waals surface area (Å²) in [6.45, 7) is 6.33. The van der Waals surface area contributed by atoms with E-state index in [2.05, 4.69) is 35.8 Å². The van der Waals surface area contributed by atoms with Gasteiger partial charge in [0.05, 0.1) is 6.20 Å². The maximum absolute atomic E-state index is 12.4. The van der Waals surface area contributed by atoms with Gasteiger partial charge in [-0.05, 0) is 29.9 Å². The fourth-order valence-corrected chi connectivity index (χ4v) is 3.76. The maximum atomic E-state index is 12.4. The van der Waals surface area contributed by atoms with Crippen LogP contribution in [0.25, 0.3) is 0 Å². The number of aryl methyl sites for hydroxylation is 1. The van der Waals surface area contributed by atoms with Gasteiger partial charge >= 0.3 is 0 Å². The molecule has 2 rings (SSSR count). The first-order valence-electron chi connectivity index (χ1n) is 7.98. The molecule has 0 saturated heterocycles. The molecule has 1 N–H and O–H groups in total. The first-order valence-corrected chi connectivity index (χ1v) is 9.46. The third kappa shape index (κ3) is 4.20. The molecular weight excluding hydrogens is 310 g/mol. The number of sulfonamides is 1. The number of hydrogen-bond acceptors (Lipinski definition) is 3. The fourth-order valence-electron chi connectivity index (χ4n) is 2.47. The summed E-state index contributed by atoms with van der Waals surface area (Å²) in [5, 5.41) is 3.93. The van der Waals surface area contributed by atoms with Crippen LogP contribution in [0.4, 0.5) is 0 Å². The second kappa shape index (κ2) is 7.27. The second-order valence-corrected chi connectivity index (χ2v) is 7.62. The van der Waals surface area contributed by atoms with Gasteiger partial charge < -0.3 is 0 Å². The summed E-state index contributed by atoms with van der Waals surface area (Å²) in [6, 6.07) is 7.96. The Labute approximate surface area is 138 Å². The lowest BCUT2D eigenvalue weighted by molar-refractivity contribution is 0.550. The van der Waals surface area contributed by atoms with E-state index in [4.69, 9.17) is 0 Å². The van der Waals surface area contributed by atoms with Crippen molar-refractivity contribution >= 4 is 10.0 Å². The first kappa shape index (κ1) is 17.7. The Morgan fingerprint density at radius 3 is 2.22 bits per heavy atom. The Hall–Kier alpha value is -1.66. The van der Waals surface area contributed by atoms with Crippen LogP contribution < -0.4 is 4.72 Å². The number of nitrogens with one attached hydrogen (secondary N) is 1. The Morgan fingerprint density at radius 2 is 1.74 bits per heavy atom. The summed E-state index contributed by atoms with van der Waals surface area (Å²) in [6.07, 6.45) is 4.63. The van der Waals surface area contributed by atoms with E-state index in [1.807, 2.05) is 19.1 Å². The Kier molecular flexibility index (Phi) is 5.59. The second-order valence-electron chi connectivity index (χ2n) is 5.91. The summed E-state index contributed by atoms with van der Waals surface area (Å²) < 4.78 is 29.1. The van der Waals surface area contributed by atoms with Gasteiger partial charge in [0.25, 0.3) is 0 Å². The van der Waals surface area contributed by atoms with E-state index in [9.17, 15) is 8.42 Å². The van der Waals surface area contributed by atoms with Crippen molar-refractivity contribution in [2.75, 3.05) is 0 Å². The minimum Gasteiger partial charge on any atom is -0.274 e. The molecule has 1 aromatic heterocycles. The van der Waals surface area contributed by atoms with Crippen LogP contribution >= 0.6 is 0 Å². The van der Waals surface area contributed by atoms with E-state index in [0.717, 1.165) is 12.0 Å². The average Bonchev–Trinajstić information content (AvgIpc) is 2.99. The highest BCUT2D eigenvalue weighted by Gasteiger charge is 2.21. The van der Waals surface area contributed by atoms with Crippen LogP contribution in [0, 0.1) is 0 Å². The number of rotatable bonds is 7. The van der Waals surface area contributed by atoms with Gasteiger partial charge in [0.1, 0.15) is 4.90 Å². The van der Waals surface area contributed by atoms with Crippen molar-refractivity contribution in [3.63, 3.8) is 0 Å². The quantitative estimate of drug-likeness (QED) is 0.844. The lowest BCUT2D eigenvalue weighted by atomic mass is 9.96. The number of benzene rings is 1. The van der Waals surface area contributed by atoms with Crippen molar-refractivity contribution in [3.05, 3.63) is 47.8 Å². The molecule has 0 bridgehead atoms. The molecule has 0 radical (unpaired) electrons. The zero-order valence-electron chi connectivity index (χ0n) is 14.2. The number of nitrogens with zero attached hydrogens (tertiary/aromatic N) is 2. The van der Waals surface area contributed by atoms with E-state index in [0.29, 0.717) is 12.3 Å². The maximum Gasteiger partial charge on any atom is 0.244 e. The molecule has 0 amide bonds. The zero-order valence-corrected chi connectivity index (χ0v) is 15.0. The zero-order chi connectivity index (χ0) is 17.0. The van der Waals surface area contributed by atoms with Crippen LogP contribution in [0.15, 0.2) is 41.6 Å². The van der Waals surface area contributed by atoms with Gasteiger partial charge in [0.2, 0.25) is 10.0 Å². The predicted molar refractivity (Wildman–Crippen MR) is 91.7 cm³/mol. The van der Waals surface area contributed by atoms with Crippen molar-refractivity contribution in [3.8, 4) is 0 Å². The molecule has 0 unspecified atom stereocenters. The van der Waals surface area contributed by atoms with Crippen molar-refractivity contribution < 1.29 is 8.42 Å². The normalized spacial score (nSPS) is 14.6. The molecule has 126 valence electrons. The van der Waals surface area contributed by atoms with Gasteiger partial charge in [-0.1, -0.05) is 45.0 Å². The van der Waals surface area contributed by atoms with Crippen LogP contribution in [0.1, 0.15) is 56.7 Å². The highest BCUT2D eigenvalue weighted by atomic mass is 32.2. The van der Waals surface area contributed by atoms with Crippen LogP contribution in [0.5, 0.6) is 0 Å². The largest absolute Gasteiger partial charge is 0.274 e. The standard InChI is InChI=1S/C17H25N3O2S/c1-5-13(3)14-7-9-15(10-8-14)17(6-2)19-23(21,22)16-11-18-20(4)12-16/h7-13,17,19H,5-6H2,1-4H3/t13-,17+/m1/s1. The molecular formula is C17H25N3O2S. The van der Waals surface area contributed by atoms with Crippen molar-refractivity contribution in [1.29, 1.82) is 0 Å². The molecule has 6 heteroatoms. The Bertz CT molecular complexity index is 735. The van der Waals surface area contributed by atoms with Gasteiger partial charge in [-0.2, -0.15) is 5.10 Å². The minimum absolute atomic E-state index is 0.190. The van der Waals surface area contributed by atoms with Crippen molar-refractivity contribution in [1.82, 2.24) is 14.5 Å². The summed E-state index contributed by atoms with van der Waals surface area (Å²) in [4.78, 5) is 0.190. The highest BCUT2D eigenvalue weighted by Crippen LogP contribution is 2.24. The Balaban J connectivity index is 2.19. The van der Waals surface area contributed by atoms with Gasteiger partial charge in [-0.3, -0.25) is 4.68 Å². The molecule has 2 atom stereocenters. The third-order valence-corrected chi connectivity index (χ3v) is 5.64. The van der Waals surface area contributed by atoms with Crippen LogP contribution in [-0.2, 0) is 17.1 Å². The fraction of sp³-hybridized carbons (Fsp3) is 0.471. The van der Waals surface area contributed by atoms with Gasteiger partial charge in [-0.15, -0.1) is 0 Å². The van der Waals surface area contributed by atoms with Crippen molar-refractivity contribution in [2.45, 2.75) is 50.5 Å². The van der Waals surface area contributed by atoms with Gasteiger partial charge in [0, 0.05) is 19.3 Å². The van der Waals surface area contributed by atoms with Crippen LogP contribution in [0.3, 0.4) is 0 Å². The molecule has 1 aromatic carbocycles. The van der Waals surface area contributed by atoms with Crippen LogP contribution in [0.2, 0.25) is 0 Å².